The van der Waals surface area contributed by atoms with Gasteiger partial charge in [0.25, 0.3) is 0 Å². The number of hydrogen-bond acceptors (Lipinski definition) is 5. The summed E-state index contributed by atoms with van der Waals surface area (Å²) < 4.78 is 0. The van der Waals surface area contributed by atoms with Gasteiger partial charge < -0.3 is 15.3 Å². The predicted octanol–water partition coefficient (Wildman–Crippen LogP) is 5.07. The number of aliphatic hydroxyl groups is 1. The molecule has 1 aliphatic carbocycles. The summed E-state index contributed by atoms with van der Waals surface area (Å²) in [6.45, 7) is -0.101. The normalized spacial score (nSPS) is 14.5. The molecule has 156 valence electrons. The first-order chi connectivity index (χ1) is 14.7. The molecule has 2 aromatic carbocycles. The number of benzene rings is 2. The van der Waals surface area contributed by atoms with E-state index in [1.165, 1.54) is 43.2 Å². The summed E-state index contributed by atoms with van der Waals surface area (Å²) >= 11 is 0. The summed E-state index contributed by atoms with van der Waals surface area (Å²) in [5, 5.41) is 13.3. The number of hydrogen-bond donors (Lipinski definition) is 2. The highest BCUT2D eigenvalue weighted by Crippen LogP contribution is 2.28. The number of nitrogens with one attached hydrogen (secondary N) is 1. The monoisotopic (exact) mass is 402 g/mol. The summed E-state index contributed by atoms with van der Waals surface area (Å²) in [7, 11) is 2.08. The van der Waals surface area contributed by atoms with Gasteiger partial charge in [-0.25, -0.2) is 4.98 Å². The third-order valence-electron chi connectivity index (χ3n) is 5.97. The first kappa shape index (κ1) is 20.4. The highest BCUT2D eigenvalue weighted by atomic mass is 16.3. The molecule has 1 heterocycles. The van der Waals surface area contributed by atoms with Crippen LogP contribution in [0.25, 0.3) is 0 Å². The van der Waals surface area contributed by atoms with Crippen LogP contribution in [0.3, 0.4) is 0 Å². The molecular formula is C25H30N4O. The molecule has 5 nitrogen and oxygen atoms in total. The van der Waals surface area contributed by atoms with Gasteiger partial charge in [-0.3, -0.25) is 0 Å². The van der Waals surface area contributed by atoms with Crippen LogP contribution in [-0.2, 0) is 13.0 Å². The Morgan fingerprint density at radius 2 is 1.70 bits per heavy atom. The lowest BCUT2D eigenvalue weighted by atomic mass is 9.95. The van der Waals surface area contributed by atoms with Crippen molar-refractivity contribution in [1.82, 2.24) is 9.97 Å². The maximum Gasteiger partial charge on any atom is 0.227 e. The molecule has 0 atom stereocenters. The van der Waals surface area contributed by atoms with Gasteiger partial charge in [-0.05, 0) is 36.5 Å². The smallest absolute Gasteiger partial charge is 0.227 e. The molecule has 0 spiro atoms. The topological polar surface area (TPSA) is 61.3 Å². The van der Waals surface area contributed by atoms with Crippen LogP contribution >= 0.6 is 0 Å². The molecule has 30 heavy (non-hydrogen) atoms. The average Bonchev–Trinajstić information content (AvgIpc) is 2.81. The summed E-state index contributed by atoms with van der Waals surface area (Å²) in [5.41, 5.74) is 4.15. The Bertz CT molecular complexity index is 954. The molecule has 0 unspecified atom stereocenters. The third-order valence-corrected chi connectivity index (χ3v) is 5.97. The third kappa shape index (κ3) is 4.79. The molecule has 3 aromatic rings. The van der Waals surface area contributed by atoms with Crippen molar-refractivity contribution >= 4 is 17.5 Å². The van der Waals surface area contributed by atoms with E-state index in [2.05, 4.69) is 64.7 Å². The van der Waals surface area contributed by atoms with Gasteiger partial charge in [-0.2, -0.15) is 4.98 Å². The molecule has 0 aliphatic heterocycles. The quantitative estimate of drug-likeness (QED) is 0.578. The molecule has 1 aliphatic rings. The fraction of sp³-hybridized carbons (Fsp3) is 0.360. The van der Waals surface area contributed by atoms with E-state index in [0.29, 0.717) is 23.4 Å². The molecule has 1 fully saturated rings. The number of aliphatic hydroxyl groups excluding tert-OH is 1. The van der Waals surface area contributed by atoms with Crippen molar-refractivity contribution in [3.63, 3.8) is 0 Å². The van der Waals surface area contributed by atoms with E-state index in [1.54, 1.807) is 6.20 Å². The lowest BCUT2D eigenvalue weighted by Gasteiger charge is -2.31. The summed E-state index contributed by atoms with van der Waals surface area (Å²) in [6, 6.07) is 19.2. The molecule has 0 bridgehead atoms. The zero-order valence-electron chi connectivity index (χ0n) is 17.6. The van der Waals surface area contributed by atoms with Crippen molar-refractivity contribution in [2.45, 2.75) is 51.2 Å². The van der Waals surface area contributed by atoms with Gasteiger partial charge >= 0.3 is 0 Å². The Labute approximate surface area is 178 Å². The SMILES string of the molecule is CN(c1ncc(CO)c(Nc2ccccc2Cc2ccccc2)n1)C1CCCCC1. The molecule has 1 saturated carbocycles. The molecule has 0 radical (unpaired) electrons. The van der Waals surface area contributed by atoms with Gasteiger partial charge in [0.05, 0.1) is 6.61 Å². The summed E-state index contributed by atoms with van der Waals surface area (Å²) in [6.07, 6.45) is 8.79. The van der Waals surface area contributed by atoms with E-state index < -0.39 is 0 Å². The van der Waals surface area contributed by atoms with Crippen molar-refractivity contribution in [3.8, 4) is 0 Å². The fourth-order valence-electron chi connectivity index (χ4n) is 4.16. The molecular weight excluding hydrogens is 372 g/mol. The van der Waals surface area contributed by atoms with Crippen molar-refractivity contribution < 1.29 is 5.11 Å². The van der Waals surface area contributed by atoms with E-state index in [-0.39, 0.29) is 6.61 Å². The van der Waals surface area contributed by atoms with Crippen LogP contribution in [0.1, 0.15) is 48.8 Å². The Hall–Kier alpha value is -2.92. The lowest BCUT2D eigenvalue weighted by Crippen LogP contribution is -2.34. The number of nitrogens with zero attached hydrogens (tertiary/aromatic N) is 3. The summed E-state index contributed by atoms with van der Waals surface area (Å²) in [4.78, 5) is 11.5. The Kier molecular flexibility index (Phi) is 6.60. The zero-order chi connectivity index (χ0) is 20.8. The molecule has 0 saturated heterocycles. The first-order valence-electron chi connectivity index (χ1n) is 10.8. The Balaban J connectivity index is 1.59. The standard InChI is InChI=1S/C25H30N4O/c1-29(22-13-6-3-7-14-22)25-26-17-21(18-30)24(28-25)27-23-15-9-8-12-20(23)16-19-10-4-2-5-11-19/h2,4-5,8-12,15,17,22,30H,3,6-7,13-14,16,18H2,1H3,(H,26,27,28). The van der Waals surface area contributed by atoms with Gasteiger partial charge in [0, 0.05) is 30.5 Å². The molecule has 0 amide bonds. The maximum atomic E-state index is 9.85. The van der Waals surface area contributed by atoms with Crippen LogP contribution in [0.5, 0.6) is 0 Å². The van der Waals surface area contributed by atoms with E-state index >= 15 is 0 Å². The maximum absolute atomic E-state index is 9.85. The largest absolute Gasteiger partial charge is 0.391 e. The first-order valence-corrected chi connectivity index (χ1v) is 10.8. The van der Waals surface area contributed by atoms with Gasteiger partial charge in [-0.15, -0.1) is 0 Å². The molecule has 2 N–H and O–H groups in total. The highest BCUT2D eigenvalue weighted by molar-refractivity contribution is 5.64. The highest BCUT2D eigenvalue weighted by Gasteiger charge is 2.21. The van der Waals surface area contributed by atoms with E-state index in [0.717, 1.165) is 12.1 Å². The Morgan fingerprint density at radius 3 is 2.47 bits per heavy atom. The van der Waals surface area contributed by atoms with Crippen LogP contribution in [0.2, 0.25) is 0 Å². The van der Waals surface area contributed by atoms with Gasteiger partial charge in [0.15, 0.2) is 0 Å². The molecule has 5 heteroatoms. The lowest BCUT2D eigenvalue weighted by molar-refractivity contribution is 0.281. The van der Waals surface area contributed by atoms with Crippen LogP contribution in [0, 0.1) is 0 Å². The minimum absolute atomic E-state index is 0.101. The second-order valence-corrected chi connectivity index (χ2v) is 8.05. The van der Waals surface area contributed by atoms with Crippen molar-refractivity contribution in [2.75, 3.05) is 17.3 Å². The molecule has 1 aromatic heterocycles. The van der Waals surface area contributed by atoms with Crippen LogP contribution in [-0.4, -0.2) is 28.2 Å². The fourth-order valence-corrected chi connectivity index (χ4v) is 4.16. The minimum atomic E-state index is -0.101. The van der Waals surface area contributed by atoms with E-state index in [9.17, 15) is 5.11 Å². The average molecular weight is 403 g/mol. The van der Waals surface area contributed by atoms with Crippen LogP contribution in [0.15, 0.2) is 60.8 Å². The van der Waals surface area contributed by atoms with Crippen molar-refractivity contribution in [1.29, 1.82) is 0 Å². The van der Waals surface area contributed by atoms with Gasteiger partial charge in [0.1, 0.15) is 5.82 Å². The number of para-hydroxylation sites is 1. The minimum Gasteiger partial charge on any atom is -0.391 e. The summed E-state index contributed by atoms with van der Waals surface area (Å²) in [5.74, 6) is 1.38. The van der Waals surface area contributed by atoms with Crippen molar-refractivity contribution in [2.24, 2.45) is 0 Å². The second-order valence-electron chi connectivity index (χ2n) is 8.05. The van der Waals surface area contributed by atoms with Crippen LogP contribution < -0.4 is 10.2 Å². The van der Waals surface area contributed by atoms with E-state index in [4.69, 9.17) is 4.98 Å². The predicted molar refractivity (Wildman–Crippen MR) is 122 cm³/mol. The molecule has 4 rings (SSSR count). The van der Waals surface area contributed by atoms with Crippen molar-refractivity contribution in [3.05, 3.63) is 77.5 Å². The number of aromatic nitrogens is 2. The van der Waals surface area contributed by atoms with Crippen LogP contribution in [0.4, 0.5) is 17.5 Å². The number of rotatable bonds is 7. The second kappa shape index (κ2) is 9.72. The Morgan fingerprint density at radius 1 is 0.967 bits per heavy atom. The van der Waals surface area contributed by atoms with Gasteiger partial charge in [-0.1, -0.05) is 67.8 Å². The number of anilines is 3. The van der Waals surface area contributed by atoms with E-state index in [1.807, 2.05) is 12.1 Å². The zero-order valence-corrected chi connectivity index (χ0v) is 17.6. The van der Waals surface area contributed by atoms with Gasteiger partial charge in [0.2, 0.25) is 5.95 Å².